The molecule has 7 heteroatoms. The number of pyridine rings is 1. The molecule has 23 heavy (non-hydrogen) atoms. The molecule has 1 aromatic carbocycles. The van der Waals surface area contributed by atoms with Crippen molar-refractivity contribution in [2.75, 3.05) is 19.9 Å². The van der Waals surface area contributed by atoms with Gasteiger partial charge in [0.1, 0.15) is 6.10 Å². The molecule has 2 aromatic rings. The average molecular weight is 377 g/mol. The van der Waals surface area contributed by atoms with E-state index in [0.29, 0.717) is 36.0 Å². The maximum absolute atomic E-state index is 12.4. The van der Waals surface area contributed by atoms with E-state index in [0.717, 1.165) is 4.47 Å². The summed E-state index contributed by atoms with van der Waals surface area (Å²) in [5.41, 5.74) is 0.590. The molecule has 1 fully saturated rings. The van der Waals surface area contributed by atoms with Crippen LogP contribution in [0.4, 0.5) is 0 Å². The number of benzene rings is 1. The molecule has 0 radical (unpaired) electrons. The number of carbonyl (C=O) groups is 1. The Hall–Kier alpha value is -2.28. The standard InChI is InChI=1S/C16H13BrN2O4/c17-12-2-1-5-18-15(12)23-11-7-19(8-11)16(20)10-3-4-13-14(6-10)22-9-21-13/h1-6,11H,7-9H2. The first-order valence-corrected chi connectivity index (χ1v) is 7.96. The number of carbonyl (C=O) groups excluding carboxylic acids is 1. The minimum Gasteiger partial charge on any atom is -0.470 e. The van der Waals surface area contributed by atoms with Crippen molar-refractivity contribution in [1.82, 2.24) is 9.88 Å². The lowest BCUT2D eigenvalue weighted by atomic mass is 10.1. The van der Waals surface area contributed by atoms with Crippen molar-refractivity contribution < 1.29 is 19.0 Å². The van der Waals surface area contributed by atoms with Gasteiger partial charge in [0.05, 0.1) is 17.6 Å². The first kappa shape index (κ1) is 14.3. The Morgan fingerprint density at radius 3 is 2.91 bits per heavy atom. The lowest BCUT2D eigenvalue weighted by Crippen LogP contribution is -2.56. The molecule has 2 aliphatic rings. The highest BCUT2D eigenvalue weighted by atomic mass is 79.9. The van der Waals surface area contributed by atoms with Gasteiger partial charge < -0.3 is 19.1 Å². The van der Waals surface area contributed by atoms with Crippen molar-refractivity contribution >= 4 is 21.8 Å². The summed E-state index contributed by atoms with van der Waals surface area (Å²) in [6.07, 6.45) is 1.63. The third-order valence-corrected chi connectivity index (χ3v) is 4.36. The van der Waals surface area contributed by atoms with Crippen molar-refractivity contribution in [2.45, 2.75) is 6.10 Å². The molecule has 2 aliphatic heterocycles. The predicted octanol–water partition coefficient (Wildman–Crippen LogP) is 2.48. The minimum absolute atomic E-state index is 0.0387. The normalized spacial score (nSPS) is 16.1. The van der Waals surface area contributed by atoms with Gasteiger partial charge in [-0.05, 0) is 46.3 Å². The second-order valence-electron chi connectivity index (χ2n) is 5.31. The highest BCUT2D eigenvalue weighted by Gasteiger charge is 2.34. The minimum atomic E-state index is -0.0424. The van der Waals surface area contributed by atoms with Gasteiger partial charge in [0, 0.05) is 11.8 Å². The molecule has 0 spiro atoms. The molecular formula is C16H13BrN2O4. The quantitative estimate of drug-likeness (QED) is 0.823. The van der Waals surface area contributed by atoms with Gasteiger partial charge in [-0.25, -0.2) is 4.98 Å². The van der Waals surface area contributed by atoms with Crippen LogP contribution in [0, 0.1) is 0 Å². The summed E-state index contributed by atoms with van der Waals surface area (Å²) < 4.78 is 17.1. The maximum atomic E-state index is 12.4. The second kappa shape index (κ2) is 5.73. The van der Waals surface area contributed by atoms with E-state index in [4.69, 9.17) is 14.2 Å². The van der Waals surface area contributed by atoms with Crippen LogP contribution in [-0.2, 0) is 0 Å². The molecular weight excluding hydrogens is 364 g/mol. The Morgan fingerprint density at radius 1 is 1.26 bits per heavy atom. The van der Waals surface area contributed by atoms with E-state index in [2.05, 4.69) is 20.9 Å². The molecule has 0 aliphatic carbocycles. The number of hydrogen-bond acceptors (Lipinski definition) is 5. The maximum Gasteiger partial charge on any atom is 0.254 e. The first-order valence-electron chi connectivity index (χ1n) is 7.17. The Kier molecular flexibility index (Phi) is 3.57. The zero-order chi connectivity index (χ0) is 15.8. The summed E-state index contributed by atoms with van der Waals surface area (Å²) in [4.78, 5) is 18.3. The van der Waals surface area contributed by atoms with Crippen LogP contribution in [0.1, 0.15) is 10.4 Å². The number of rotatable bonds is 3. The molecule has 1 saturated heterocycles. The Labute approximate surface area is 141 Å². The van der Waals surface area contributed by atoms with Crippen LogP contribution in [-0.4, -0.2) is 41.8 Å². The number of fused-ring (bicyclic) bond motifs is 1. The monoisotopic (exact) mass is 376 g/mol. The van der Waals surface area contributed by atoms with Gasteiger partial charge in [-0.3, -0.25) is 4.79 Å². The molecule has 0 unspecified atom stereocenters. The second-order valence-corrected chi connectivity index (χ2v) is 6.16. The highest BCUT2D eigenvalue weighted by Crippen LogP contribution is 2.33. The molecule has 0 N–H and O–H groups in total. The van der Waals surface area contributed by atoms with Crippen LogP contribution in [0.3, 0.4) is 0 Å². The van der Waals surface area contributed by atoms with Crippen molar-refractivity contribution in [3.63, 3.8) is 0 Å². The van der Waals surface area contributed by atoms with Crippen LogP contribution < -0.4 is 14.2 Å². The van der Waals surface area contributed by atoms with Gasteiger partial charge >= 0.3 is 0 Å². The number of hydrogen-bond donors (Lipinski definition) is 0. The smallest absolute Gasteiger partial charge is 0.254 e. The fourth-order valence-electron chi connectivity index (χ4n) is 2.51. The lowest BCUT2D eigenvalue weighted by molar-refractivity contribution is 0.0157. The van der Waals surface area contributed by atoms with E-state index in [1.807, 2.05) is 12.1 Å². The topological polar surface area (TPSA) is 60.9 Å². The molecule has 6 nitrogen and oxygen atoms in total. The first-order chi connectivity index (χ1) is 11.2. The van der Waals surface area contributed by atoms with Crippen molar-refractivity contribution in [1.29, 1.82) is 0 Å². The van der Waals surface area contributed by atoms with E-state index in [1.165, 1.54) is 0 Å². The Bertz CT molecular complexity index is 761. The SMILES string of the molecule is O=C(c1ccc2c(c1)OCO2)N1CC(Oc2ncccc2Br)C1. The highest BCUT2D eigenvalue weighted by molar-refractivity contribution is 9.10. The largest absolute Gasteiger partial charge is 0.470 e. The average Bonchev–Trinajstić information content (AvgIpc) is 2.99. The summed E-state index contributed by atoms with van der Waals surface area (Å²) in [5, 5.41) is 0. The van der Waals surface area contributed by atoms with E-state index in [1.54, 1.807) is 29.3 Å². The fourth-order valence-corrected chi connectivity index (χ4v) is 2.85. The molecule has 1 amide bonds. The van der Waals surface area contributed by atoms with Gasteiger partial charge in [-0.15, -0.1) is 0 Å². The third-order valence-electron chi connectivity index (χ3n) is 3.76. The van der Waals surface area contributed by atoms with Gasteiger partial charge in [0.25, 0.3) is 5.91 Å². The zero-order valence-electron chi connectivity index (χ0n) is 12.1. The van der Waals surface area contributed by atoms with Gasteiger partial charge in [0.2, 0.25) is 12.7 Å². The Morgan fingerprint density at radius 2 is 2.09 bits per heavy atom. The zero-order valence-corrected chi connectivity index (χ0v) is 13.7. The lowest BCUT2D eigenvalue weighted by Gasteiger charge is -2.38. The number of amides is 1. The predicted molar refractivity (Wildman–Crippen MR) is 84.8 cm³/mol. The van der Waals surface area contributed by atoms with E-state index in [-0.39, 0.29) is 18.8 Å². The summed E-state index contributed by atoms with van der Waals surface area (Å²) >= 11 is 3.39. The number of likely N-dealkylation sites (tertiary alicyclic amines) is 1. The molecule has 0 saturated carbocycles. The van der Waals surface area contributed by atoms with Gasteiger partial charge in [-0.2, -0.15) is 0 Å². The van der Waals surface area contributed by atoms with Crippen molar-refractivity contribution in [2.24, 2.45) is 0 Å². The van der Waals surface area contributed by atoms with Gasteiger partial charge in [-0.1, -0.05) is 0 Å². The van der Waals surface area contributed by atoms with Crippen LogP contribution in [0.25, 0.3) is 0 Å². The summed E-state index contributed by atoms with van der Waals surface area (Å²) in [6, 6.07) is 8.92. The molecule has 4 rings (SSSR count). The molecule has 0 atom stereocenters. The summed E-state index contributed by atoms with van der Waals surface area (Å²) in [5.74, 6) is 1.80. The van der Waals surface area contributed by atoms with E-state index in [9.17, 15) is 4.79 Å². The molecule has 0 bridgehead atoms. The molecule has 3 heterocycles. The van der Waals surface area contributed by atoms with E-state index >= 15 is 0 Å². The van der Waals surface area contributed by atoms with Crippen LogP contribution in [0.15, 0.2) is 41.0 Å². The summed E-state index contributed by atoms with van der Waals surface area (Å²) in [7, 11) is 0. The number of aromatic nitrogens is 1. The van der Waals surface area contributed by atoms with Crippen LogP contribution >= 0.6 is 15.9 Å². The Balaban J connectivity index is 1.38. The number of nitrogens with zero attached hydrogens (tertiary/aromatic N) is 2. The molecule has 1 aromatic heterocycles. The van der Waals surface area contributed by atoms with Gasteiger partial charge in [0.15, 0.2) is 11.5 Å². The van der Waals surface area contributed by atoms with Crippen molar-refractivity contribution in [3.8, 4) is 17.4 Å². The van der Waals surface area contributed by atoms with Crippen LogP contribution in [0.5, 0.6) is 17.4 Å². The molecule has 118 valence electrons. The van der Waals surface area contributed by atoms with E-state index < -0.39 is 0 Å². The number of halogens is 1. The van der Waals surface area contributed by atoms with Crippen LogP contribution in [0.2, 0.25) is 0 Å². The summed E-state index contributed by atoms with van der Waals surface area (Å²) in [6.45, 7) is 1.28. The third kappa shape index (κ3) is 2.72. The number of ether oxygens (including phenoxy) is 3. The van der Waals surface area contributed by atoms with Crippen molar-refractivity contribution in [3.05, 3.63) is 46.6 Å². The fraction of sp³-hybridized carbons (Fsp3) is 0.250.